The summed E-state index contributed by atoms with van der Waals surface area (Å²) in [4.78, 5) is 0.245. The predicted molar refractivity (Wildman–Crippen MR) is 87.2 cm³/mol. The predicted octanol–water partition coefficient (Wildman–Crippen LogP) is 1.60. The summed E-state index contributed by atoms with van der Waals surface area (Å²) in [6.45, 7) is 4.03. The zero-order valence-corrected chi connectivity index (χ0v) is 14.2. The van der Waals surface area contributed by atoms with E-state index in [0.29, 0.717) is 37.8 Å². The van der Waals surface area contributed by atoms with Crippen molar-refractivity contribution >= 4 is 10.0 Å². The van der Waals surface area contributed by atoms with Crippen LogP contribution in [0.2, 0.25) is 0 Å². The summed E-state index contributed by atoms with van der Waals surface area (Å²) in [7, 11) is -3.58. The second-order valence-corrected chi connectivity index (χ2v) is 8.09. The van der Waals surface area contributed by atoms with Crippen LogP contribution in [0.1, 0.15) is 26.2 Å². The molecule has 2 heterocycles. The molecule has 3 rings (SSSR count). The van der Waals surface area contributed by atoms with Crippen LogP contribution < -0.4 is 15.2 Å². The van der Waals surface area contributed by atoms with E-state index in [1.165, 1.54) is 0 Å². The molecule has 0 saturated carbocycles. The van der Waals surface area contributed by atoms with E-state index in [1.54, 1.807) is 22.5 Å². The second-order valence-electron chi connectivity index (χ2n) is 6.20. The van der Waals surface area contributed by atoms with Crippen molar-refractivity contribution in [1.82, 2.24) is 4.31 Å². The van der Waals surface area contributed by atoms with Crippen LogP contribution in [0.15, 0.2) is 23.1 Å². The molecule has 2 N–H and O–H groups in total. The summed E-state index contributed by atoms with van der Waals surface area (Å²) in [5, 5.41) is 0. The van der Waals surface area contributed by atoms with E-state index in [9.17, 15) is 8.42 Å². The van der Waals surface area contributed by atoms with E-state index in [2.05, 4.69) is 6.92 Å². The third-order valence-electron chi connectivity index (χ3n) is 4.63. The van der Waals surface area contributed by atoms with Gasteiger partial charge in [-0.2, -0.15) is 4.31 Å². The molecule has 2 atom stereocenters. The SMILES string of the molecule is C[C@@H]1CCCN(S(=O)(=O)c2ccc3c(c2)OCCCO3)[C@@H]1CN. The number of piperidine rings is 1. The van der Waals surface area contributed by atoms with Crippen molar-refractivity contribution < 1.29 is 17.9 Å². The number of nitrogens with two attached hydrogens (primary N) is 1. The van der Waals surface area contributed by atoms with Crippen molar-refractivity contribution in [3.05, 3.63) is 18.2 Å². The van der Waals surface area contributed by atoms with E-state index in [-0.39, 0.29) is 16.9 Å². The molecule has 0 unspecified atom stereocenters. The molecule has 2 aliphatic rings. The van der Waals surface area contributed by atoms with Crippen molar-refractivity contribution in [3.8, 4) is 11.5 Å². The highest BCUT2D eigenvalue weighted by atomic mass is 32.2. The molecule has 1 aromatic rings. The highest BCUT2D eigenvalue weighted by molar-refractivity contribution is 7.89. The number of rotatable bonds is 3. The maximum absolute atomic E-state index is 13.0. The van der Waals surface area contributed by atoms with E-state index in [0.717, 1.165) is 19.3 Å². The second kappa shape index (κ2) is 6.67. The number of ether oxygens (including phenoxy) is 2. The van der Waals surface area contributed by atoms with Crippen LogP contribution in [0.3, 0.4) is 0 Å². The van der Waals surface area contributed by atoms with Gasteiger partial charge in [-0.15, -0.1) is 0 Å². The van der Waals surface area contributed by atoms with Crippen molar-refractivity contribution in [1.29, 1.82) is 0 Å². The van der Waals surface area contributed by atoms with Gasteiger partial charge in [0.05, 0.1) is 18.1 Å². The van der Waals surface area contributed by atoms with Gasteiger partial charge in [-0.25, -0.2) is 8.42 Å². The molecule has 0 spiro atoms. The zero-order chi connectivity index (χ0) is 16.4. The molecule has 0 aliphatic carbocycles. The summed E-state index contributed by atoms with van der Waals surface area (Å²) in [6.07, 6.45) is 2.66. The molecular weight excluding hydrogens is 316 g/mol. The number of benzene rings is 1. The van der Waals surface area contributed by atoms with Crippen LogP contribution in [-0.2, 0) is 10.0 Å². The molecule has 0 amide bonds. The van der Waals surface area contributed by atoms with E-state index < -0.39 is 10.0 Å². The van der Waals surface area contributed by atoms with Crippen molar-refractivity contribution in [2.24, 2.45) is 11.7 Å². The number of sulfonamides is 1. The Kier molecular flexibility index (Phi) is 4.79. The van der Waals surface area contributed by atoms with Crippen LogP contribution >= 0.6 is 0 Å². The fraction of sp³-hybridized carbons (Fsp3) is 0.625. The molecule has 1 aromatic carbocycles. The van der Waals surface area contributed by atoms with Gasteiger partial charge < -0.3 is 15.2 Å². The highest BCUT2D eigenvalue weighted by Crippen LogP contribution is 2.35. The smallest absolute Gasteiger partial charge is 0.243 e. The third-order valence-corrected chi connectivity index (χ3v) is 6.55. The fourth-order valence-corrected chi connectivity index (χ4v) is 5.09. The van der Waals surface area contributed by atoms with Gasteiger partial charge in [0.1, 0.15) is 0 Å². The lowest BCUT2D eigenvalue weighted by atomic mass is 9.93. The molecule has 23 heavy (non-hydrogen) atoms. The lowest BCUT2D eigenvalue weighted by Gasteiger charge is -2.38. The largest absolute Gasteiger partial charge is 0.490 e. The minimum absolute atomic E-state index is 0.148. The minimum Gasteiger partial charge on any atom is -0.490 e. The number of hydrogen-bond acceptors (Lipinski definition) is 5. The zero-order valence-electron chi connectivity index (χ0n) is 13.4. The average molecular weight is 340 g/mol. The summed E-state index contributed by atoms with van der Waals surface area (Å²) in [5.41, 5.74) is 5.84. The van der Waals surface area contributed by atoms with Crippen molar-refractivity contribution in [3.63, 3.8) is 0 Å². The number of fused-ring (bicyclic) bond motifs is 1. The average Bonchev–Trinajstić information content (AvgIpc) is 2.79. The molecule has 0 bridgehead atoms. The molecule has 128 valence electrons. The Labute approximate surface area is 137 Å². The molecule has 6 nitrogen and oxygen atoms in total. The first-order valence-corrected chi connectivity index (χ1v) is 9.59. The summed E-state index contributed by atoms with van der Waals surface area (Å²) in [6, 6.07) is 4.70. The Morgan fingerprint density at radius 2 is 1.96 bits per heavy atom. The van der Waals surface area contributed by atoms with Crippen LogP contribution in [0.4, 0.5) is 0 Å². The minimum atomic E-state index is -3.58. The van der Waals surface area contributed by atoms with E-state index in [4.69, 9.17) is 15.2 Å². The molecule has 7 heteroatoms. The normalized spacial score (nSPS) is 25.8. The molecular formula is C16H24N2O4S. The Morgan fingerprint density at radius 3 is 2.70 bits per heavy atom. The Bertz CT molecular complexity index is 662. The lowest BCUT2D eigenvalue weighted by Crippen LogP contribution is -2.51. The maximum Gasteiger partial charge on any atom is 0.243 e. The standard InChI is InChI=1S/C16H24N2O4S/c1-12-4-2-7-18(14(12)11-17)23(19,20)13-5-6-15-16(10-13)22-9-3-8-21-15/h5-6,10,12,14H,2-4,7-9,11,17H2,1H3/t12-,14-/m1/s1. The Morgan fingerprint density at radius 1 is 1.22 bits per heavy atom. The summed E-state index contributed by atoms with van der Waals surface area (Å²) in [5.74, 6) is 1.37. The maximum atomic E-state index is 13.0. The van der Waals surface area contributed by atoms with Gasteiger partial charge in [0.25, 0.3) is 0 Å². The Hall–Kier alpha value is -1.31. The van der Waals surface area contributed by atoms with E-state index >= 15 is 0 Å². The van der Waals surface area contributed by atoms with Gasteiger partial charge >= 0.3 is 0 Å². The first-order chi connectivity index (χ1) is 11.0. The molecule has 2 aliphatic heterocycles. The van der Waals surface area contributed by atoms with Crippen LogP contribution in [-0.4, -0.2) is 45.1 Å². The van der Waals surface area contributed by atoms with Crippen LogP contribution in [0.5, 0.6) is 11.5 Å². The van der Waals surface area contributed by atoms with Crippen LogP contribution in [0, 0.1) is 5.92 Å². The molecule has 0 radical (unpaired) electrons. The van der Waals surface area contributed by atoms with Crippen molar-refractivity contribution in [2.75, 3.05) is 26.3 Å². The topological polar surface area (TPSA) is 81.9 Å². The quantitative estimate of drug-likeness (QED) is 0.904. The van der Waals surface area contributed by atoms with Gasteiger partial charge in [0.15, 0.2) is 11.5 Å². The van der Waals surface area contributed by atoms with Gasteiger partial charge in [0, 0.05) is 31.6 Å². The number of hydrogen-bond donors (Lipinski definition) is 1. The lowest BCUT2D eigenvalue weighted by molar-refractivity contribution is 0.192. The Balaban J connectivity index is 1.94. The first-order valence-electron chi connectivity index (χ1n) is 8.15. The van der Waals surface area contributed by atoms with E-state index in [1.807, 2.05) is 0 Å². The van der Waals surface area contributed by atoms with Gasteiger partial charge in [0.2, 0.25) is 10.0 Å². The molecule has 1 saturated heterocycles. The van der Waals surface area contributed by atoms with Crippen LogP contribution in [0.25, 0.3) is 0 Å². The fourth-order valence-electron chi connectivity index (χ4n) is 3.30. The summed E-state index contributed by atoms with van der Waals surface area (Å²) >= 11 is 0. The van der Waals surface area contributed by atoms with Crippen molar-refractivity contribution in [2.45, 2.75) is 37.1 Å². The first kappa shape index (κ1) is 16.5. The molecule has 0 aromatic heterocycles. The van der Waals surface area contributed by atoms with Gasteiger partial charge in [-0.05, 0) is 30.9 Å². The highest BCUT2D eigenvalue weighted by Gasteiger charge is 2.36. The monoisotopic (exact) mass is 340 g/mol. The van der Waals surface area contributed by atoms with Gasteiger partial charge in [-0.3, -0.25) is 0 Å². The van der Waals surface area contributed by atoms with Gasteiger partial charge in [-0.1, -0.05) is 6.92 Å². The third kappa shape index (κ3) is 3.18. The number of nitrogens with zero attached hydrogens (tertiary/aromatic N) is 1. The summed E-state index contributed by atoms with van der Waals surface area (Å²) < 4.78 is 38.8. The molecule has 1 fully saturated rings.